The summed E-state index contributed by atoms with van der Waals surface area (Å²) in [5.41, 5.74) is 0.290. The lowest BCUT2D eigenvalue weighted by atomic mass is 10.2. The second-order valence-electron chi connectivity index (χ2n) is 4.11. The normalized spacial score (nSPS) is 11.0. The Morgan fingerprint density at radius 2 is 2.00 bits per heavy atom. The van der Waals surface area contributed by atoms with Gasteiger partial charge in [0.15, 0.2) is 4.77 Å². The molecular formula is C12H12N2O2S. The highest BCUT2D eigenvalue weighted by atomic mass is 32.1. The Morgan fingerprint density at radius 3 is 2.65 bits per heavy atom. The molecule has 0 aliphatic carbocycles. The van der Waals surface area contributed by atoms with Crippen molar-refractivity contribution >= 4 is 29.0 Å². The molecule has 0 spiro atoms. The third-order valence-electron chi connectivity index (χ3n) is 2.52. The average Bonchev–Trinajstić information content (AvgIpc) is 2.28. The smallest absolute Gasteiger partial charge is 0.269 e. The molecule has 5 heteroatoms. The first-order valence-electron chi connectivity index (χ1n) is 5.30. The molecule has 0 atom stereocenters. The zero-order valence-corrected chi connectivity index (χ0v) is 10.4. The van der Waals surface area contributed by atoms with E-state index >= 15 is 0 Å². The lowest BCUT2D eigenvalue weighted by Gasteiger charge is -2.08. The molecule has 0 aliphatic heterocycles. The fourth-order valence-corrected chi connectivity index (χ4v) is 1.90. The van der Waals surface area contributed by atoms with Crippen LogP contribution >= 0.6 is 12.2 Å². The number of fused-ring (bicyclic) bond motifs is 1. The zero-order chi connectivity index (χ0) is 12.6. The summed E-state index contributed by atoms with van der Waals surface area (Å²) in [6.07, 6.45) is 0. The van der Waals surface area contributed by atoms with Crippen molar-refractivity contribution in [1.29, 1.82) is 0 Å². The molecule has 1 heterocycles. The first-order chi connectivity index (χ1) is 8.02. The minimum Gasteiger partial charge on any atom is -0.331 e. The average molecular weight is 248 g/mol. The van der Waals surface area contributed by atoms with Gasteiger partial charge in [-0.1, -0.05) is 26.0 Å². The highest BCUT2D eigenvalue weighted by molar-refractivity contribution is 7.71. The van der Waals surface area contributed by atoms with Crippen molar-refractivity contribution in [2.75, 3.05) is 0 Å². The Kier molecular flexibility index (Phi) is 2.93. The summed E-state index contributed by atoms with van der Waals surface area (Å²) < 4.78 is 1.18. The van der Waals surface area contributed by atoms with E-state index in [1.165, 1.54) is 0 Å². The van der Waals surface area contributed by atoms with Gasteiger partial charge in [-0.2, -0.15) is 0 Å². The number of benzene rings is 1. The minimum atomic E-state index is -0.358. The Balaban J connectivity index is 2.87. The number of hydrogen-bond acceptors (Lipinski definition) is 3. The predicted octanol–water partition coefficient (Wildman–Crippen LogP) is 2.36. The van der Waals surface area contributed by atoms with Gasteiger partial charge in [0.05, 0.1) is 10.9 Å². The van der Waals surface area contributed by atoms with Crippen LogP contribution in [0.3, 0.4) is 0 Å². The first kappa shape index (κ1) is 11.7. The van der Waals surface area contributed by atoms with Crippen LogP contribution in [0.25, 0.3) is 10.9 Å². The Morgan fingerprint density at radius 1 is 1.35 bits per heavy atom. The second kappa shape index (κ2) is 4.25. The van der Waals surface area contributed by atoms with Gasteiger partial charge in [-0.25, -0.2) is 4.57 Å². The van der Waals surface area contributed by atoms with E-state index in [1.54, 1.807) is 32.0 Å². The summed E-state index contributed by atoms with van der Waals surface area (Å²) in [5.74, 6) is -0.564. The van der Waals surface area contributed by atoms with Crippen LogP contribution in [0.1, 0.15) is 18.6 Å². The van der Waals surface area contributed by atoms with E-state index in [1.807, 2.05) is 6.07 Å². The van der Waals surface area contributed by atoms with Gasteiger partial charge in [-0.05, 0) is 24.4 Å². The number of aromatic nitrogens is 2. The molecule has 2 aromatic rings. The zero-order valence-electron chi connectivity index (χ0n) is 9.56. The van der Waals surface area contributed by atoms with Gasteiger partial charge in [0, 0.05) is 5.92 Å². The fraction of sp³-hybridized carbons (Fsp3) is 0.250. The molecule has 0 amide bonds. The molecule has 0 fully saturated rings. The number of hydrogen-bond donors (Lipinski definition) is 1. The summed E-state index contributed by atoms with van der Waals surface area (Å²) in [7, 11) is 0. The summed E-state index contributed by atoms with van der Waals surface area (Å²) in [6, 6.07) is 7.00. The number of nitrogens with one attached hydrogen (secondary N) is 1. The van der Waals surface area contributed by atoms with Crippen molar-refractivity contribution in [3.8, 4) is 0 Å². The van der Waals surface area contributed by atoms with E-state index in [-0.39, 0.29) is 22.2 Å². The van der Waals surface area contributed by atoms with E-state index in [0.29, 0.717) is 10.9 Å². The van der Waals surface area contributed by atoms with Crippen LogP contribution < -0.4 is 5.56 Å². The molecule has 0 saturated carbocycles. The number of carbonyl (C=O) groups excluding carboxylic acids is 1. The number of rotatable bonds is 1. The van der Waals surface area contributed by atoms with Crippen LogP contribution in [-0.2, 0) is 0 Å². The largest absolute Gasteiger partial charge is 0.331 e. The minimum absolute atomic E-state index is 0.146. The lowest BCUT2D eigenvalue weighted by Crippen LogP contribution is -2.31. The monoisotopic (exact) mass is 248 g/mol. The van der Waals surface area contributed by atoms with Crippen molar-refractivity contribution in [3.05, 3.63) is 39.4 Å². The van der Waals surface area contributed by atoms with Gasteiger partial charge in [-0.3, -0.25) is 9.59 Å². The molecule has 0 bridgehead atoms. The predicted molar refractivity (Wildman–Crippen MR) is 68.9 cm³/mol. The van der Waals surface area contributed by atoms with E-state index in [2.05, 4.69) is 4.98 Å². The number of aromatic amines is 1. The topological polar surface area (TPSA) is 54.9 Å². The summed E-state index contributed by atoms with van der Waals surface area (Å²) in [5, 5.41) is 0.468. The van der Waals surface area contributed by atoms with Crippen LogP contribution in [0.2, 0.25) is 0 Å². The maximum atomic E-state index is 12.2. The standard InChI is InChI=1S/C12H12N2O2S/c1-7(2)10(15)14-11(16)8-5-3-4-6-9(8)13-12(14)17/h3-7H,1-2H3,(H,13,17). The highest BCUT2D eigenvalue weighted by Gasteiger charge is 2.15. The second-order valence-corrected chi connectivity index (χ2v) is 4.50. The third-order valence-corrected chi connectivity index (χ3v) is 2.80. The van der Waals surface area contributed by atoms with Crippen molar-refractivity contribution in [1.82, 2.24) is 9.55 Å². The SMILES string of the molecule is CC(C)C(=O)n1c(=S)[nH]c2ccccc2c1=O. The van der Waals surface area contributed by atoms with Crippen LogP contribution in [0.15, 0.2) is 29.1 Å². The molecular weight excluding hydrogens is 236 g/mol. The van der Waals surface area contributed by atoms with Gasteiger partial charge in [-0.15, -0.1) is 0 Å². The van der Waals surface area contributed by atoms with Crippen molar-refractivity contribution < 1.29 is 4.79 Å². The molecule has 0 saturated heterocycles. The maximum absolute atomic E-state index is 12.2. The van der Waals surface area contributed by atoms with Crippen LogP contribution in [0.4, 0.5) is 0 Å². The number of H-pyrrole nitrogens is 1. The van der Waals surface area contributed by atoms with Crippen molar-refractivity contribution in [3.63, 3.8) is 0 Å². The van der Waals surface area contributed by atoms with E-state index in [0.717, 1.165) is 4.57 Å². The van der Waals surface area contributed by atoms with Crippen LogP contribution in [0.5, 0.6) is 0 Å². The molecule has 88 valence electrons. The van der Waals surface area contributed by atoms with Crippen molar-refractivity contribution in [2.24, 2.45) is 5.92 Å². The third kappa shape index (κ3) is 1.93. The molecule has 2 rings (SSSR count). The Labute approximate surface area is 103 Å². The van der Waals surface area contributed by atoms with Gasteiger partial charge in [0.2, 0.25) is 5.91 Å². The van der Waals surface area contributed by atoms with Gasteiger partial charge in [0.1, 0.15) is 0 Å². The van der Waals surface area contributed by atoms with E-state index in [9.17, 15) is 9.59 Å². The first-order valence-corrected chi connectivity index (χ1v) is 5.71. The number of carbonyl (C=O) groups is 1. The molecule has 17 heavy (non-hydrogen) atoms. The van der Waals surface area contributed by atoms with Gasteiger partial charge in [0.25, 0.3) is 5.56 Å². The van der Waals surface area contributed by atoms with E-state index in [4.69, 9.17) is 12.2 Å². The lowest BCUT2D eigenvalue weighted by molar-refractivity contribution is 0.0848. The molecule has 0 radical (unpaired) electrons. The van der Waals surface area contributed by atoms with Crippen LogP contribution in [0, 0.1) is 10.7 Å². The van der Waals surface area contributed by atoms with Gasteiger partial charge >= 0.3 is 0 Å². The quantitative estimate of drug-likeness (QED) is 0.788. The van der Waals surface area contributed by atoms with Crippen molar-refractivity contribution in [2.45, 2.75) is 13.8 Å². The number of para-hydroxylation sites is 1. The van der Waals surface area contributed by atoms with Crippen LogP contribution in [-0.4, -0.2) is 15.5 Å². The highest BCUT2D eigenvalue weighted by Crippen LogP contribution is 2.07. The Hall–Kier alpha value is -1.75. The summed E-state index contributed by atoms with van der Waals surface area (Å²) >= 11 is 5.05. The molecule has 1 N–H and O–H groups in total. The Bertz CT molecular complexity index is 697. The maximum Gasteiger partial charge on any atom is 0.269 e. The molecule has 1 aromatic heterocycles. The molecule has 0 aliphatic rings. The fourth-order valence-electron chi connectivity index (χ4n) is 1.62. The van der Waals surface area contributed by atoms with E-state index < -0.39 is 0 Å². The molecule has 0 unspecified atom stereocenters. The molecule has 4 nitrogen and oxygen atoms in total. The molecule has 1 aromatic carbocycles. The summed E-state index contributed by atoms with van der Waals surface area (Å²) in [4.78, 5) is 26.9. The van der Waals surface area contributed by atoms with Gasteiger partial charge < -0.3 is 4.98 Å². The summed E-state index contributed by atoms with van der Waals surface area (Å²) in [6.45, 7) is 3.47. The number of nitrogens with zero attached hydrogens (tertiary/aromatic N) is 1.